The van der Waals surface area contributed by atoms with E-state index >= 15 is 0 Å². The van der Waals surface area contributed by atoms with Crippen molar-refractivity contribution in [2.24, 2.45) is 5.14 Å². The number of hydrogen-bond acceptors (Lipinski definition) is 12. The van der Waals surface area contributed by atoms with Gasteiger partial charge in [0, 0.05) is 11.6 Å². The van der Waals surface area contributed by atoms with E-state index in [1.165, 1.54) is 30.3 Å². The number of hydrogen-bond donors (Lipinski definition) is 4. The van der Waals surface area contributed by atoms with E-state index in [4.69, 9.17) is 14.6 Å². The Morgan fingerprint density at radius 3 is 1.70 bits per heavy atom. The van der Waals surface area contributed by atoms with E-state index in [2.05, 4.69) is 5.32 Å². The van der Waals surface area contributed by atoms with E-state index in [9.17, 15) is 46.2 Å². The molecule has 0 unspecified atom stereocenters. The lowest BCUT2D eigenvalue weighted by Crippen LogP contribution is -2.45. The number of ether oxygens (including phenoxy) is 2. The number of nitrogens with one attached hydrogen (secondary N) is 1. The zero-order chi connectivity index (χ0) is 35.3. The molecule has 4 rings (SSSR count). The molecular weight excluding hydrogens is 677 g/mol. The highest BCUT2D eigenvalue weighted by molar-refractivity contribution is 7.95. The van der Waals surface area contributed by atoms with Gasteiger partial charge in [0.05, 0.1) is 16.4 Å². The zero-order valence-electron chi connectivity index (χ0n) is 25.7. The molecule has 0 saturated carbocycles. The van der Waals surface area contributed by atoms with Crippen LogP contribution < -0.4 is 10.5 Å². The predicted octanol–water partition coefficient (Wildman–Crippen LogP) is 2.84. The molecule has 1 aliphatic rings. The number of benzene rings is 2. The number of fused-ring (bicyclic) bond motifs is 1. The van der Waals surface area contributed by atoms with E-state index in [0.29, 0.717) is 18.5 Å². The Balaban J connectivity index is 0.000000274. The van der Waals surface area contributed by atoms with Crippen LogP contribution in [0, 0.1) is 13.8 Å². The Morgan fingerprint density at radius 1 is 0.915 bits per heavy atom. The molecule has 0 fully saturated rings. The second kappa shape index (κ2) is 15.2. The van der Waals surface area contributed by atoms with Gasteiger partial charge in [0.15, 0.2) is 9.84 Å². The van der Waals surface area contributed by atoms with E-state index in [1.807, 2.05) is 6.92 Å². The second-order valence-electron chi connectivity index (χ2n) is 10.6. The number of carboxylic acid groups (broad SMARTS) is 2. The number of nitrogens with two attached hydrogens (primary N) is 1. The van der Waals surface area contributed by atoms with Gasteiger partial charge < -0.3 is 25.0 Å². The van der Waals surface area contributed by atoms with Gasteiger partial charge in [0.25, 0.3) is 0 Å². The smallest absolute Gasteiger partial charge is 0.349 e. The Bertz CT molecular complexity index is 1780. The topological polar surface area (TPSA) is 234 Å². The minimum atomic E-state index is -3.88. The number of thiophene rings is 1. The average molecular weight is 711 g/mol. The van der Waals surface area contributed by atoms with Gasteiger partial charge in [0.1, 0.15) is 8.42 Å². The van der Waals surface area contributed by atoms with Crippen molar-refractivity contribution in [1.29, 1.82) is 0 Å². The van der Waals surface area contributed by atoms with Crippen LogP contribution in [0.4, 0.5) is 0 Å². The van der Waals surface area contributed by atoms with Crippen molar-refractivity contribution < 1.29 is 55.7 Å². The summed E-state index contributed by atoms with van der Waals surface area (Å²) in [6.45, 7) is 7.82. The normalized spacial score (nSPS) is 18.0. The Morgan fingerprint density at radius 2 is 1.34 bits per heavy atom. The van der Waals surface area contributed by atoms with Gasteiger partial charge >= 0.3 is 23.9 Å². The van der Waals surface area contributed by atoms with Crippen molar-refractivity contribution in [2.75, 3.05) is 6.54 Å². The van der Waals surface area contributed by atoms with Gasteiger partial charge in [-0.15, -0.1) is 11.3 Å². The van der Waals surface area contributed by atoms with E-state index in [0.717, 1.165) is 22.5 Å². The molecular formula is C30H34N2O12S3. The summed E-state index contributed by atoms with van der Waals surface area (Å²) in [4.78, 5) is 47.3. The average Bonchev–Trinajstić information content (AvgIpc) is 3.47. The molecule has 17 heteroatoms. The lowest BCUT2D eigenvalue weighted by atomic mass is 10.1. The number of carboxylic acids is 2. The van der Waals surface area contributed by atoms with Gasteiger partial charge in [-0.1, -0.05) is 42.3 Å². The third-order valence-electron chi connectivity index (χ3n) is 6.97. The third kappa shape index (κ3) is 9.23. The number of aliphatic carboxylic acids is 2. The largest absolute Gasteiger partial charge is 0.478 e. The van der Waals surface area contributed by atoms with Gasteiger partial charge in [0.2, 0.25) is 22.2 Å². The van der Waals surface area contributed by atoms with Crippen LogP contribution in [0.1, 0.15) is 63.7 Å². The fourth-order valence-electron chi connectivity index (χ4n) is 4.41. The molecule has 0 aliphatic carbocycles. The number of carbonyl (C=O) groups excluding carboxylic acids is 2. The maximum atomic E-state index is 12.2. The highest BCUT2D eigenvalue weighted by Crippen LogP contribution is 2.42. The number of rotatable bonds is 10. The van der Waals surface area contributed by atoms with Crippen LogP contribution in [0.15, 0.2) is 63.0 Å². The molecule has 47 heavy (non-hydrogen) atoms. The molecule has 2 heterocycles. The first-order valence-electron chi connectivity index (χ1n) is 14.0. The van der Waals surface area contributed by atoms with Crippen molar-refractivity contribution in [3.63, 3.8) is 0 Å². The molecule has 2 aromatic carbocycles. The summed E-state index contributed by atoms with van der Waals surface area (Å²) in [6, 6.07) is 13.3. The Labute approximate surface area is 275 Å². The highest BCUT2D eigenvalue weighted by Gasteiger charge is 2.41. The van der Waals surface area contributed by atoms with Crippen LogP contribution >= 0.6 is 11.3 Å². The van der Waals surface area contributed by atoms with Crippen molar-refractivity contribution in [2.45, 2.75) is 66.0 Å². The maximum absolute atomic E-state index is 12.2. The van der Waals surface area contributed by atoms with Gasteiger partial charge in [-0.25, -0.2) is 41.2 Å². The minimum absolute atomic E-state index is 0.0332. The van der Waals surface area contributed by atoms with Crippen LogP contribution in [-0.4, -0.2) is 74.9 Å². The van der Waals surface area contributed by atoms with Crippen molar-refractivity contribution >= 4 is 55.1 Å². The summed E-state index contributed by atoms with van der Waals surface area (Å²) < 4.78 is 56.9. The molecule has 5 N–H and O–H groups in total. The molecule has 14 nitrogen and oxygen atoms in total. The molecule has 0 amide bonds. The number of aryl methyl sites for hydroxylation is 2. The Kier molecular flexibility index (Phi) is 12.0. The predicted molar refractivity (Wildman–Crippen MR) is 169 cm³/mol. The van der Waals surface area contributed by atoms with Crippen LogP contribution in [0.25, 0.3) is 0 Å². The first-order valence-corrected chi connectivity index (χ1v) is 17.9. The second-order valence-corrected chi connectivity index (χ2v) is 16.0. The van der Waals surface area contributed by atoms with Gasteiger partial charge in [-0.2, -0.15) is 0 Å². The molecule has 0 saturated heterocycles. The monoisotopic (exact) mass is 710 g/mol. The lowest BCUT2D eigenvalue weighted by Gasteiger charge is -2.27. The number of esters is 2. The minimum Gasteiger partial charge on any atom is -0.478 e. The fourth-order valence-corrected chi connectivity index (χ4v) is 8.83. The molecule has 1 aromatic heterocycles. The van der Waals surface area contributed by atoms with Crippen molar-refractivity contribution in [1.82, 2.24) is 5.32 Å². The van der Waals surface area contributed by atoms with E-state index in [-0.39, 0.29) is 25.6 Å². The summed E-state index contributed by atoms with van der Waals surface area (Å²) in [6.07, 6.45) is -4.01. The summed E-state index contributed by atoms with van der Waals surface area (Å²) in [5, 5.41) is 26.4. The number of primary sulfonamides is 1. The van der Waals surface area contributed by atoms with Gasteiger partial charge in [-0.05, 0) is 64.1 Å². The molecule has 254 valence electrons. The Hall–Kier alpha value is -4.16. The zero-order valence-corrected chi connectivity index (χ0v) is 28.1. The molecule has 0 radical (unpaired) electrons. The number of carbonyl (C=O) groups is 4. The third-order valence-corrected chi connectivity index (χ3v) is 12.3. The summed E-state index contributed by atoms with van der Waals surface area (Å²) in [7, 11) is -7.33. The van der Waals surface area contributed by atoms with Crippen LogP contribution in [0.3, 0.4) is 0 Å². The standard InChI is InChI=1S/C20H18O8.C10H16N2O4S3/c1-11-3-7-13(8-4-11)19(25)27-15(17(21)22)16(18(23)24)28-20(26)14-9-5-12(2)6-10-14;1-3-12-8-4-6(2)18(13,14)10-7(8)5-9(17-10)19(11,15)16/h3-10,15-16H,1-2H3,(H,21,22)(H,23,24);5-6,8,12H,3-4H2,1-2H3,(H2,11,15,16)/t15-,16-;6-,8-/m11/s1. The quantitative estimate of drug-likeness (QED) is 0.222. The van der Waals surface area contributed by atoms with Crippen molar-refractivity contribution in [3.05, 3.63) is 82.4 Å². The summed E-state index contributed by atoms with van der Waals surface area (Å²) in [5.74, 6) is -5.62. The summed E-state index contributed by atoms with van der Waals surface area (Å²) in [5.41, 5.74) is 2.31. The molecule has 0 bridgehead atoms. The first kappa shape index (κ1) is 37.3. The maximum Gasteiger partial charge on any atom is 0.349 e. The number of sulfonamides is 1. The lowest BCUT2D eigenvalue weighted by molar-refractivity contribution is -0.166. The van der Waals surface area contributed by atoms with Crippen LogP contribution in [0.2, 0.25) is 0 Å². The number of sulfone groups is 1. The van der Waals surface area contributed by atoms with Gasteiger partial charge in [-0.3, -0.25) is 0 Å². The van der Waals surface area contributed by atoms with E-state index < -0.39 is 61.2 Å². The highest BCUT2D eigenvalue weighted by atomic mass is 32.3. The molecule has 0 spiro atoms. The van der Waals surface area contributed by atoms with Crippen molar-refractivity contribution in [3.8, 4) is 0 Å². The first-order chi connectivity index (χ1) is 21.9. The SMILES string of the molecule is CCN[C@@H]1C[C@@H](C)S(=O)(=O)c2sc(S(N)(=O)=O)cc21.Cc1ccc(C(=O)O[C@@H](C(=O)O)[C@@H](OC(=O)c2ccc(C)cc2)C(=O)O)cc1. The van der Waals surface area contributed by atoms with E-state index in [1.54, 1.807) is 45.0 Å². The molecule has 1 aliphatic heterocycles. The van der Waals surface area contributed by atoms with Crippen LogP contribution in [-0.2, 0) is 38.9 Å². The fraction of sp³-hybridized carbons (Fsp3) is 0.333. The van der Waals surface area contributed by atoms with Crippen LogP contribution in [0.5, 0.6) is 0 Å². The molecule has 4 atom stereocenters. The summed E-state index contributed by atoms with van der Waals surface area (Å²) >= 11 is 0.742. The molecule has 3 aromatic rings.